The number of ether oxygens (including phenoxy) is 1. The summed E-state index contributed by atoms with van der Waals surface area (Å²) >= 11 is 0. The number of hydrogen-bond donors (Lipinski definition) is 1. The highest BCUT2D eigenvalue weighted by atomic mass is 16.5. The molecule has 1 unspecified atom stereocenters. The molecule has 0 radical (unpaired) electrons. The van der Waals surface area contributed by atoms with Gasteiger partial charge in [-0.25, -0.2) is 9.78 Å². The lowest BCUT2D eigenvalue weighted by Gasteiger charge is -2.16. The number of imidazole rings is 1. The third-order valence-corrected chi connectivity index (χ3v) is 2.61. The molecule has 2 rings (SSSR count). The second-order valence-electron chi connectivity index (χ2n) is 3.88. The summed E-state index contributed by atoms with van der Waals surface area (Å²) < 4.78 is 6.58. The van der Waals surface area contributed by atoms with E-state index in [0.717, 1.165) is 11.4 Å². The zero-order valence-corrected chi connectivity index (χ0v) is 10.3. The van der Waals surface area contributed by atoms with Crippen LogP contribution >= 0.6 is 0 Å². The Hall–Kier alpha value is -2.30. The van der Waals surface area contributed by atoms with Crippen LogP contribution in [0.2, 0.25) is 0 Å². The number of carbonyl (C=O) groups excluding carboxylic acids is 1. The summed E-state index contributed by atoms with van der Waals surface area (Å²) in [6, 6.07) is 7.30. The number of benzene rings is 1. The number of aromatic nitrogens is 2. The summed E-state index contributed by atoms with van der Waals surface area (Å²) in [5.41, 5.74) is 1.79. The topological polar surface area (TPSA) is 56.1 Å². The van der Waals surface area contributed by atoms with Crippen molar-refractivity contribution >= 4 is 11.7 Å². The molecule has 0 bridgehead atoms. The lowest BCUT2D eigenvalue weighted by molar-refractivity contribution is -0.141. The molecule has 5 heteroatoms. The molecule has 1 atom stereocenters. The van der Waals surface area contributed by atoms with Gasteiger partial charge in [-0.1, -0.05) is 12.1 Å². The first-order chi connectivity index (χ1) is 8.72. The van der Waals surface area contributed by atoms with Crippen molar-refractivity contribution in [2.75, 3.05) is 12.4 Å². The summed E-state index contributed by atoms with van der Waals surface area (Å²) in [7, 11) is 1.38. The van der Waals surface area contributed by atoms with Crippen molar-refractivity contribution in [3.05, 3.63) is 43.0 Å². The highest BCUT2D eigenvalue weighted by Gasteiger charge is 2.14. The number of methoxy groups -OCH3 is 1. The van der Waals surface area contributed by atoms with E-state index in [1.165, 1.54) is 7.11 Å². The Balaban J connectivity index is 2.26. The molecule has 0 saturated carbocycles. The van der Waals surface area contributed by atoms with E-state index in [1.807, 2.05) is 35.0 Å². The monoisotopic (exact) mass is 245 g/mol. The minimum absolute atomic E-state index is 0.296. The molecule has 0 amide bonds. The van der Waals surface area contributed by atoms with Gasteiger partial charge in [-0.2, -0.15) is 0 Å². The Labute approximate surface area is 105 Å². The maximum atomic E-state index is 11.4. The first-order valence-electron chi connectivity index (χ1n) is 5.64. The smallest absolute Gasteiger partial charge is 0.327 e. The van der Waals surface area contributed by atoms with Crippen molar-refractivity contribution in [1.82, 2.24) is 9.55 Å². The molecule has 0 aliphatic heterocycles. The van der Waals surface area contributed by atoms with Crippen LogP contribution in [-0.2, 0) is 9.53 Å². The Morgan fingerprint density at radius 1 is 1.44 bits per heavy atom. The Kier molecular flexibility index (Phi) is 3.62. The zero-order chi connectivity index (χ0) is 13.0. The summed E-state index contributed by atoms with van der Waals surface area (Å²) in [5.74, 6) is -0.296. The number of anilines is 1. The van der Waals surface area contributed by atoms with Gasteiger partial charge in [0.1, 0.15) is 6.04 Å². The molecule has 0 saturated heterocycles. The quantitative estimate of drug-likeness (QED) is 0.835. The second kappa shape index (κ2) is 5.35. The fourth-order valence-electron chi connectivity index (χ4n) is 1.69. The van der Waals surface area contributed by atoms with Gasteiger partial charge in [0.15, 0.2) is 0 Å². The number of nitrogens with zero attached hydrogens (tertiary/aromatic N) is 2. The Morgan fingerprint density at radius 2 is 2.22 bits per heavy atom. The van der Waals surface area contributed by atoms with Crippen molar-refractivity contribution in [3.63, 3.8) is 0 Å². The van der Waals surface area contributed by atoms with Gasteiger partial charge in [0.2, 0.25) is 0 Å². The van der Waals surface area contributed by atoms with Gasteiger partial charge in [0, 0.05) is 12.4 Å². The average molecular weight is 245 g/mol. The first-order valence-corrected chi connectivity index (χ1v) is 5.64. The van der Waals surface area contributed by atoms with Gasteiger partial charge in [0.25, 0.3) is 0 Å². The fraction of sp³-hybridized carbons (Fsp3) is 0.231. The van der Waals surface area contributed by atoms with Crippen LogP contribution in [-0.4, -0.2) is 28.7 Å². The largest absolute Gasteiger partial charge is 0.467 e. The molecule has 1 aromatic carbocycles. The fourth-order valence-corrected chi connectivity index (χ4v) is 1.69. The predicted molar refractivity (Wildman–Crippen MR) is 68.7 cm³/mol. The Bertz CT molecular complexity index is 523. The third-order valence-electron chi connectivity index (χ3n) is 2.61. The molecule has 2 aromatic rings. The molecular weight excluding hydrogens is 230 g/mol. The molecule has 0 spiro atoms. The number of hydrogen-bond acceptors (Lipinski definition) is 4. The molecule has 1 aromatic heterocycles. The highest BCUT2D eigenvalue weighted by Crippen LogP contribution is 2.20. The van der Waals surface area contributed by atoms with Gasteiger partial charge in [-0.05, 0) is 19.1 Å². The lowest BCUT2D eigenvalue weighted by atomic mass is 10.2. The summed E-state index contributed by atoms with van der Waals surface area (Å²) in [5, 5.41) is 3.13. The summed E-state index contributed by atoms with van der Waals surface area (Å²) in [4.78, 5) is 15.4. The third kappa shape index (κ3) is 2.51. The number of para-hydroxylation sites is 2. The van der Waals surface area contributed by atoms with E-state index in [9.17, 15) is 4.79 Å². The average Bonchev–Trinajstić information content (AvgIpc) is 2.92. The molecule has 0 aliphatic carbocycles. The van der Waals surface area contributed by atoms with E-state index in [4.69, 9.17) is 4.74 Å². The SMILES string of the molecule is COC(=O)C(C)Nc1ccccc1-n1ccnc1. The summed E-state index contributed by atoms with van der Waals surface area (Å²) in [6.07, 6.45) is 5.27. The molecule has 94 valence electrons. The predicted octanol–water partition coefficient (Wildman–Crippen LogP) is 1.85. The maximum Gasteiger partial charge on any atom is 0.327 e. The van der Waals surface area contributed by atoms with Crippen LogP contribution in [0.15, 0.2) is 43.0 Å². The van der Waals surface area contributed by atoms with Crippen LogP contribution in [0.25, 0.3) is 5.69 Å². The number of esters is 1. The van der Waals surface area contributed by atoms with E-state index >= 15 is 0 Å². The van der Waals surface area contributed by atoms with Crippen LogP contribution in [0.1, 0.15) is 6.92 Å². The van der Waals surface area contributed by atoms with Crippen molar-refractivity contribution in [2.24, 2.45) is 0 Å². The zero-order valence-electron chi connectivity index (χ0n) is 10.3. The number of rotatable bonds is 4. The molecule has 1 heterocycles. The molecule has 0 aliphatic rings. The van der Waals surface area contributed by atoms with Gasteiger partial charge in [-0.15, -0.1) is 0 Å². The van der Waals surface area contributed by atoms with Gasteiger partial charge < -0.3 is 14.6 Å². The molecule has 0 fully saturated rings. The Morgan fingerprint density at radius 3 is 2.89 bits per heavy atom. The first kappa shape index (κ1) is 12.2. The van der Waals surface area contributed by atoms with Crippen molar-refractivity contribution in [3.8, 4) is 5.69 Å². The van der Waals surface area contributed by atoms with Gasteiger partial charge in [0.05, 0.1) is 24.8 Å². The van der Waals surface area contributed by atoms with Crippen LogP contribution in [0, 0.1) is 0 Å². The standard InChI is InChI=1S/C13H15N3O2/c1-10(13(17)18-2)15-11-5-3-4-6-12(11)16-8-7-14-9-16/h3-10,15H,1-2H3. The van der Waals surface area contributed by atoms with E-state index in [2.05, 4.69) is 10.3 Å². The molecule has 18 heavy (non-hydrogen) atoms. The second-order valence-corrected chi connectivity index (χ2v) is 3.88. The van der Waals surface area contributed by atoms with Crippen molar-refractivity contribution in [1.29, 1.82) is 0 Å². The molecular formula is C13H15N3O2. The van der Waals surface area contributed by atoms with E-state index in [0.29, 0.717) is 0 Å². The molecule has 1 N–H and O–H groups in total. The minimum Gasteiger partial charge on any atom is -0.467 e. The van der Waals surface area contributed by atoms with Crippen LogP contribution in [0.3, 0.4) is 0 Å². The van der Waals surface area contributed by atoms with Crippen LogP contribution in [0.5, 0.6) is 0 Å². The van der Waals surface area contributed by atoms with E-state index < -0.39 is 6.04 Å². The van der Waals surface area contributed by atoms with Crippen molar-refractivity contribution in [2.45, 2.75) is 13.0 Å². The maximum absolute atomic E-state index is 11.4. The molecule has 5 nitrogen and oxygen atoms in total. The lowest BCUT2D eigenvalue weighted by Crippen LogP contribution is -2.27. The van der Waals surface area contributed by atoms with Gasteiger partial charge >= 0.3 is 5.97 Å². The van der Waals surface area contributed by atoms with E-state index in [1.54, 1.807) is 19.4 Å². The highest BCUT2D eigenvalue weighted by molar-refractivity contribution is 5.79. The van der Waals surface area contributed by atoms with Crippen molar-refractivity contribution < 1.29 is 9.53 Å². The normalized spacial score (nSPS) is 11.9. The minimum atomic E-state index is -0.403. The number of nitrogens with one attached hydrogen (secondary N) is 1. The van der Waals surface area contributed by atoms with Crippen LogP contribution < -0.4 is 5.32 Å². The van der Waals surface area contributed by atoms with Crippen LogP contribution in [0.4, 0.5) is 5.69 Å². The van der Waals surface area contributed by atoms with E-state index in [-0.39, 0.29) is 5.97 Å². The number of carbonyl (C=O) groups is 1. The summed E-state index contributed by atoms with van der Waals surface area (Å²) in [6.45, 7) is 1.76. The van der Waals surface area contributed by atoms with Gasteiger partial charge in [-0.3, -0.25) is 0 Å².